The van der Waals surface area contributed by atoms with Gasteiger partial charge in [0.25, 0.3) is 0 Å². The first kappa shape index (κ1) is 16.8. The van der Waals surface area contributed by atoms with Crippen LogP contribution in [0.4, 0.5) is 0 Å². The molecule has 6 nitrogen and oxygen atoms in total. The third-order valence-corrected chi connectivity index (χ3v) is 1.11. The van der Waals surface area contributed by atoms with E-state index in [2.05, 4.69) is 27.4 Å². The summed E-state index contributed by atoms with van der Waals surface area (Å²) in [5.41, 5.74) is 0.0764. The molecule has 0 atom stereocenters. The largest absolute Gasteiger partial charge is 0.478 e. The van der Waals surface area contributed by atoms with Gasteiger partial charge in [-0.3, -0.25) is 0 Å². The zero-order valence-electron chi connectivity index (χ0n) is 9.39. The van der Waals surface area contributed by atoms with Crippen molar-refractivity contribution in [2.24, 2.45) is 0 Å². The van der Waals surface area contributed by atoms with Crippen molar-refractivity contribution in [2.45, 2.75) is 0 Å². The SMILES string of the molecule is C=C(COC)C(=O)O.C=CC(=O)OCOC. The molecule has 0 fully saturated rings. The van der Waals surface area contributed by atoms with Gasteiger partial charge in [0, 0.05) is 20.3 Å². The average molecular weight is 232 g/mol. The highest BCUT2D eigenvalue weighted by Gasteiger charge is 2.00. The van der Waals surface area contributed by atoms with E-state index in [9.17, 15) is 9.59 Å². The highest BCUT2D eigenvalue weighted by Crippen LogP contribution is 1.87. The van der Waals surface area contributed by atoms with Crippen molar-refractivity contribution in [2.75, 3.05) is 27.6 Å². The second-order valence-electron chi connectivity index (χ2n) is 2.42. The van der Waals surface area contributed by atoms with Crippen LogP contribution in [0, 0.1) is 0 Å². The molecule has 0 radical (unpaired) electrons. The van der Waals surface area contributed by atoms with E-state index in [1.807, 2.05) is 0 Å². The Balaban J connectivity index is 0. The second-order valence-corrected chi connectivity index (χ2v) is 2.42. The molecule has 92 valence electrons. The van der Waals surface area contributed by atoms with E-state index in [0.29, 0.717) is 0 Å². The van der Waals surface area contributed by atoms with Gasteiger partial charge in [0.1, 0.15) is 0 Å². The lowest BCUT2D eigenvalue weighted by molar-refractivity contribution is -0.147. The average Bonchev–Trinajstić information content (AvgIpc) is 2.27. The first-order valence-electron chi connectivity index (χ1n) is 4.17. The maximum atomic E-state index is 10.2. The molecule has 0 aliphatic carbocycles. The Morgan fingerprint density at radius 1 is 1.31 bits per heavy atom. The van der Waals surface area contributed by atoms with Gasteiger partial charge in [-0.05, 0) is 0 Å². The maximum Gasteiger partial charge on any atom is 0.333 e. The molecule has 0 rings (SSSR count). The van der Waals surface area contributed by atoms with E-state index in [0.717, 1.165) is 6.08 Å². The number of carboxylic acid groups (broad SMARTS) is 1. The number of carboxylic acids is 1. The molecule has 0 aromatic carbocycles. The fraction of sp³-hybridized carbons (Fsp3) is 0.400. The Kier molecular flexibility index (Phi) is 12.0. The van der Waals surface area contributed by atoms with Crippen molar-refractivity contribution in [3.05, 3.63) is 24.8 Å². The van der Waals surface area contributed by atoms with Crippen LogP contribution in [0.2, 0.25) is 0 Å². The molecule has 0 unspecified atom stereocenters. The van der Waals surface area contributed by atoms with Crippen LogP contribution in [0.15, 0.2) is 24.8 Å². The van der Waals surface area contributed by atoms with E-state index < -0.39 is 11.9 Å². The van der Waals surface area contributed by atoms with Gasteiger partial charge in [-0.2, -0.15) is 0 Å². The molecule has 0 bridgehead atoms. The Morgan fingerprint density at radius 3 is 2.12 bits per heavy atom. The van der Waals surface area contributed by atoms with E-state index in [4.69, 9.17) is 5.11 Å². The summed E-state index contributed by atoms with van der Waals surface area (Å²) >= 11 is 0. The minimum atomic E-state index is -1.01. The fourth-order valence-electron chi connectivity index (χ4n) is 0.412. The molecule has 0 aliphatic heterocycles. The van der Waals surface area contributed by atoms with E-state index in [-0.39, 0.29) is 19.0 Å². The lowest BCUT2D eigenvalue weighted by atomic mass is 10.3. The van der Waals surface area contributed by atoms with Gasteiger partial charge in [0.05, 0.1) is 12.2 Å². The van der Waals surface area contributed by atoms with Crippen LogP contribution < -0.4 is 0 Å². The lowest BCUT2D eigenvalue weighted by Gasteiger charge is -1.95. The Morgan fingerprint density at radius 2 is 1.88 bits per heavy atom. The van der Waals surface area contributed by atoms with Crippen LogP contribution in [-0.4, -0.2) is 44.7 Å². The molecule has 0 aromatic rings. The zero-order chi connectivity index (χ0) is 13.0. The van der Waals surface area contributed by atoms with Crippen molar-refractivity contribution in [1.82, 2.24) is 0 Å². The minimum absolute atomic E-state index is 0.00907. The van der Waals surface area contributed by atoms with Crippen molar-refractivity contribution in [1.29, 1.82) is 0 Å². The summed E-state index contributed by atoms with van der Waals surface area (Å²) in [7, 11) is 2.87. The predicted molar refractivity (Wildman–Crippen MR) is 56.8 cm³/mol. The third-order valence-electron chi connectivity index (χ3n) is 1.11. The first-order chi connectivity index (χ1) is 7.49. The van der Waals surface area contributed by atoms with Crippen molar-refractivity contribution < 1.29 is 28.9 Å². The van der Waals surface area contributed by atoms with Crippen LogP contribution in [-0.2, 0) is 23.8 Å². The zero-order valence-corrected chi connectivity index (χ0v) is 9.39. The fourth-order valence-corrected chi connectivity index (χ4v) is 0.412. The number of aliphatic carboxylic acids is 1. The van der Waals surface area contributed by atoms with Crippen molar-refractivity contribution in [3.63, 3.8) is 0 Å². The van der Waals surface area contributed by atoms with Crippen LogP contribution in [0.25, 0.3) is 0 Å². The number of hydrogen-bond acceptors (Lipinski definition) is 5. The molecule has 0 heterocycles. The maximum absolute atomic E-state index is 10.2. The molecule has 0 aliphatic rings. The molecular formula is C10H16O6. The topological polar surface area (TPSA) is 82.1 Å². The van der Waals surface area contributed by atoms with E-state index in [1.54, 1.807) is 0 Å². The summed E-state index contributed by atoms with van der Waals surface area (Å²) in [5.74, 6) is -1.47. The summed E-state index contributed by atoms with van der Waals surface area (Å²) < 4.78 is 13.3. The monoisotopic (exact) mass is 232 g/mol. The highest BCUT2D eigenvalue weighted by molar-refractivity contribution is 5.85. The normalized spacial score (nSPS) is 8.38. The van der Waals surface area contributed by atoms with Crippen LogP contribution in [0.1, 0.15) is 0 Å². The first-order valence-corrected chi connectivity index (χ1v) is 4.17. The van der Waals surface area contributed by atoms with Gasteiger partial charge in [-0.25, -0.2) is 9.59 Å². The molecule has 16 heavy (non-hydrogen) atoms. The van der Waals surface area contributed by atoms with Crippen LogP contribution >= 0.6 is 0 Å². The Labute approximate surface area is 94.1 Å². The van der Waals surface area contributed by atoms with Crippen molar-refractivity contribution >= 4 is 11.9 Å². The number of rotatable bonds is 6. The Bertz CT molecular complexity index is 244. The van der Waals surface area contributed by atoms with E-state index in [1.165, 1.54) is 14.2 Å². The van der Waals surface area contributed by atoms with Gasteiger partial charge in [0.15, 0.2) is 6.79 Å². The molecule has 0 saturated heterocycles. The summed E-state index contributed by atoms with van der Waals surface area (Å²) in [6, 6.07) is 0. The number of esters is 1. The second kappa shape index (κ2) is 11.4. The van der Waals surface area contributed by atoms with Gasteiger partial charge in [-0.1, -0.05) is 13.2 Å². The van der Waals surface area contributed by atoms with E-state index >= 15 is 0 Å². The van der Waals surface area contributed by atoms with Crippen LogP contribution in [0.5, 0.6) is 0 Å². The smallest absolute Gasteiger partial charge is 0.333 e. The number of hydrogen-bond donors (Lipinski definition) is 1. The number of carbonyl (C=O) groups is 2. The number of methoxy groups -OCH3 is 2. The quantitative estimate of drug-likeness (QED) is 0.410. The molecule has 0 saturated carbocycles. The molecule has 0 spiro atoms. The molecule has 0 aromatic heterocycles. The number of ether oxygens (including phenoxy) is 3. The molecule has 0 amide bonds. The summed E-state index contributed by atoms with van der Waals surface area (Å²) in [5, 5.41) is 8.13. The highest BCUT2D eigenvalue weighted by atomic mass is 16.7. The predicted octanol–water partition coefficient (Wildman–Crippen LogP) is 0.593. The summed E-state index contributed by atoms with van der Waals surface area (Å²) in [6.45, 7) is 6.49. The lowest BCUT2D eigenvalue weighted by Crippen LogP contribution is -2.04. The third kappa shape index (κ3) is 12.3. The minimum Gasteiger partial charge on any atom is -0.478 e. The molecule has 1 N–H and O–H groups in total. The molecule has 6 heteroatoms. The Hall–Kier alpha value is -1.66. The van der Waals surface area contributed by atoms with Gasteiger partial charge < -0.3 is 19.3 Å². The van der Waals surface area contributed by atoms with Crippen molar-refractivity contribution in [3.8, 4) is 0 Å². The standard InChI is InChI=1S/2C5H8O3/c1-4(3-8-2)5(6)7;1-3-5(6)8-4-7-2/h1,3H2,2H3,(H,6,7);3H,1,4H2,2H3. The van der Waals surface area contributed by atoms with Gasteiger partial charge in [0.2, 0.25) is 0 Å². The number of carbonyl (C=O) groups excluding carboxylic acids is 1. The van der Waals surface area contributed by atoms with Gasteiger partial charge >= 0.3 is 11.9 Å². The van der Waals surface area contributed by atoms with Gasteiger partial charge in [-0.15, -0.1) is 0 Å². The summed E-state index contributed by atoms with van der Waals surface area (Å²) in [4.78, 5) is 20.1. The van der Waals surface area contributed by atoms with Crippen LogP contribution in [0.3, 0.4) is 0 Å². The summed E-state index contributed by atoms with van der Waals surface area (Å²) in [6.07, 6.45) is 1.08. The molecular weight excluding hydrogens is 216 g/mol.